The van der Waals surface area contributed by atoms with Crippen LogP contribution in [0.15, 0.2) is 72.8 Å². The third kappa shape index (κ3) is 4.26. The average molecular weight is 411 g/mol. The van der Waals surface area contributed by atoms with Gasteiger partial charge in [0.25, 0.3) is 0 Å². The topological polar surface area (TPSA) is 15.3 Å². The van der Waals surface area contributed by atoms with Gasteiger partial charge >= 0.3 is 0 Å². The second-order valence-electron chi connectivity index (χ2n) is 7.17. The number of benzene rings is 3. The van der Waals surface area contributed by atoms with Crippen LogP contribution in [-0.4, -0.2) is 31.1 Å². The first kappa shape index (κ1) is 19.5. The van der Waals surface area contributed by atoms with Gasteiger partial charge in [0.1, 0.15) is 0 Å². The van der Waals surface area contributed by atoms with Crippen LogP contribution in [0.4, 0.5) is 0 Å². The quantitative estimate of drug-likeness (QED) is 0.563. The van der Waals surface area contributed by atoms with E-state index in [0.29, 0.717) is 10.0 Å². The molecule has 0 aliphatic carbocycles. The van der Waals surface area contributed by atoms with Crippen molar-refractivity contribution in [3.63, 3.8) is 0 Å². The fourth-order valence-electron chi connectivity index (χ4n) is 3.93. The molecular formula is C24H24Cl2N2. The molecule has 1 N–H and O–H groups in total. The van der Waals surface area contributed by atoms with Gasteiger partial charge in [0, 0.05) is 19.6 Å². The lowest BCUT2D eigenvalue weighted by atomic mass is 9.94. The molecule has 3 aromatic carbocycles. The van der Waals surface area contributed by atoms with Gasteiger partial charge in [-0.15, -0.1) is 0 Å². The SMILES string of the molecule is Clc1cccc(C(c2ccc(-c3ccccc3)cc2)N2CCCNCC2)c1Cl. The second kappa shape index (κ2) is 9.11. The third-order valence-electron chi connectivity index (χ3n) is 5.35. The van der Waals surface area contributed by atoms with Crippen LogP contribution in [0.5, 0.6) is 0 Å². The molecule has 0 aromatic heterocycles. The van der Waals surface area contributed by atoms with Crippen LogP contribution in [0.2, 0.25) is 10.0 Å². The summed E-state index contributed by atoms with van der Waals surface area (Å²) in [5.74, 6) is 0. The van der Waals surface area contributed by atoms with E-state index in [1.54, 1.807) is 0 Å². The van der Waals surface area contributed by atoms with Crippen molar-refractivity contribution in [3.8, 4) is 11.1 Å². The molecule has 1 atom stereocenters. The highest BCUT2D eigenvalue weighted by atomic mass is 35.5. The minimum atomic E-state index is 0.0934. The Balaban J connectivity index is 1.73. The number of halogens is 2. The lowest BCUT2D eigenvalue weighted by Gasteiger charge is -2.32. The van der Waals surface area contributed by atoms with Crippen molar-refractivity contribution in [2.24, 2.45) is 0 Å². The van der Waals surface area contributed by atoms with Gasteiger partial charge in [0.2, 0.25) is 0 Å². The molecule has 4 rings (SSSR count). The predicted molar refractivity (Wildman–Crippen MR) is 119 cm³/mol. The van der Waals surface area contributed by atoms with Crippen LogP contribution >= 0.6 is 23.2 Å². The van der Waals surface area contributed by atoms with Crippen LogP contribution in [0.25, 0.3) is 11.1 Å². The van der Waals surface area contributed by atoms with E-state index in [-0.39, 0.29) is 6.04 Å². The van der Waals surface area contributed by atoms with E-state index < -0.39 is 0 Å². The number of hydrogen-bond acceptors (Lipinski definition) is 2. The first-order chi connectivity index (χ1) is 13.7. The Morgan fingerprint density at radius 2 is 1.50 bits per heavy atom. The molecule has 3 aromatic rings. The Morgan fingerprint density at radius 1 is 0.750 bits per heavy atom. The van der Waals surface area contributed by atoms with E-state index in [4.69, 9.17) is 23.2 Å². The molecule has 1 aliphatic rings. The summed E-state index contributed by atoms with van der Waals surface area (Å²) in [4.78, 5) is 2.51. The van der Waals surface area contributed by atoms with Gasteiger partial charge in [-0.2, -0.15) is 0 Å². The fourth-order valence-corrected chi connectivity index (χ4v) is 4.34. The van der Waals surface area contributed by atoms with Crippen LogP contribution < -0.4 is 5.32 Å². The third-order valence-corrected chi connectivity index (χ3v) is 6.18. The van der Waals surface area contributed by atoms with Crippen LogP contribution in [0, 0.1) is 0 Å². The molecule has 144 valence electrons. The van der Waals surface area contributed by atoms with Crippen LogP contribution in [-0.2, 0) is 0 Å². The molecule has 28 heavy (non-hydrogen) atoms. The second-order valence-corrected chi connectivity index (χ2v) is 7.96. The van der Waals surface area contributed by atoms with Gasteiger partial charge in [-0.3, -0.25) is 4.90 Å². The van der Waals surface area contributed by atoms with Gasteiger partial charge in [-0.1, -0.05) is 89.9 Å². The van der Waals surface area contributed by atoms with Gasteiger partial charge in [-0.25, -0.2) is 0 Å². The molecule has 0 amide bonds. The summed E-state index contributed by atoms with van der Waals surface area (Å²) < 4.78 is 0. The highest BCUT2D eigenvalue weighted by Gasteiger charge is 2.25. The molecule has 1 saturated heterocycles. The maximum Gasteiger partial charge on any atom is 0.0643 e. The molecule has 0 bridgehead atoms. The number of nitrogens with zero attached hydrogens (tertiary/aromatic N) is 1. The zero-order valence-corrected chi connectivity index (χ0v) is 17.3. The maximum atomic E-state index is 6.65. The Bertz CT molecular complexity index is 902. The average Bonchev–Trinajstić information content (AvgIpc) is 3.02. The first-order valence-corrected chi connectivity index (χ1v) is 10.5. The molecule has 0 radical (unpaired) electrons. The smallest absolute Gasteiger partial charge is 0.0643 e. The standard InChI is InChI=1S/C24H24Cl2N2/c25-22-9-4-8-21(23(22)26)24(28-16-5-14-27-15-17-28)20-12-10-19(11-13-20)18-6-2-1-3-7-18/h1-4,6-13,24,27H,5,14-17H2. The number of rotatable bonds is 4. The van der Waals surface area contributed by atoms with Crippen LogP contribution in [0.3, 0.4) is 0 Å². The van der Waals surface area contributed by atoms with Crippen molar-refractivity contribution in [1.29, 1.82) is 0 Å². The molecule has 1 heterocycles. The molecule has 4 heteroatoms. The van der Waals surface area contributed by atoms with Crippen molar-refractivity contribution in [3.05, 3.63) is 94.0 Å². The molecule has 0 saturated carbocycles. The lowest BCUT2D eigenvalue weighted by molar-refractivity contribution is 0.241. The Morgan fingerprint density at radius 3 is 2.29 bits per heavy atom. The van der Waals surface area contributed by atoms with E-state index in [0.717, 1.165) is 38.2 Å². The monoisotopic (exact) mass is 410 g/mol. The van der Waals surface area contributed by atoms with Crippen molar-refractivity contribution < 1.29 is 0 Å². The highest BCUT2D eigenvalue weighted by molar-refractivity contribution is 6.42. The largest absolute Gasteiger partial charge is 0.315 e. The summed E-state index contributed by atoms with van der Waals surface area (Å²) in [6.07, 6.45) is 1.12. The van der Waals surface area contributed by atoms with Crippen molar-refractivity contribution in [2.45, 2.75) is 12.5 Å². The zero-order valence-electron chi connectivity index (χ0n) is 15.7. The molecule has 1 aliphatic heterocycles. The predicted octanol–water partition coefficient (Wildman–Crippen LogP) is 6.05. The Hall–Kier alpha value is -1.84. The van der Waals surface area contributed by atoms with E-state index in [1.807, 2.05) is 18.2 Å². The summed E-state index contributed by atoms with van der Waals surface area (Å²) in [5, 5.41) is 4.75. The van der Waals surface area contributed by atoms with Gasteiger partial charge < -0.3 is 5.32 Å². The minimum Gasteiger partial charge on any atom is -0.315 e. The molecular weight excluding hydrogens is 387 g/mol. The van der Waals surface area contributed by atoms with E-state index in [2.05, 4.69) is 64.8 Å². The van der Waals surface area contributed by atoms with E-state index in [1.165, 1.54) is 16.7 Å². The maximum absolute atomic E-state index is 6.65. The minimum absolute atomic E-state index is 0.0934. The first-order valence-electron chi connectivity index (χ1n) is 9.78. The normalized spacial score (nSPS) is 16.5. The number of nitrogens with one attached hydrogen (secondary N) is 1. The summed E-state index contributed by atoms with van der Waals surface area (Å²) in [6.45, 7) is 4.05. The summed E-state index contributed by atoms with van der Waals surface area (Å²) in [6, 6.07) is 25.4. The van der Waals surface area contributed by atoms with Crippen LogP contribution in [0.1, 0.15) is 23.6 Å². The van der Waals surface area contributed by atoms with E-state index in [9.17, 15) is 0 Å². The molecule has 0 spiro atoms. The van der Waals surface area contributed by atoms with Gasteiger partial charge in [0.15, 0.2) is 0 Å². The van der Waals surface area contributed by atoms with Crippen molar-refractivity contribution in [2.75, 3.05) is 26.2 Å². The molecule has 2 nitrogen and oxygen atoms in total. The van der Waals surface area contributed by atoms with Gasteiger partial charge in [0.05, 0.1) is 16.1 Å². The Kier molecular flexibility index (Phi) is 6.33. The fraction of sp³-hybridized carbons (Fsp3) is 0.250. The summed E-state index contributed by atoms with van der Waals surface area (Å²) in [5.41, 5.74) is 4.76. The van der Waals surface area contributed by atoms with Gasteiger partial charge in [-0.05, 0) is 41.3 Å². The molecule has 1 fully saturated rings. The summed E-state index contributed by atoms with van der Waals surface area (Å²) in [7, 11) is 0. The lowest BCUT2D eigenvalue weighted by Crippen LogP contribution is -2.33. The molecule has 1 unspecified atom stereocenters. The summed E-state index contributed by atoms with van der Waals surface area (Å²) >= 11 is 13.0. The van der Waals surface area contributed by atoms with Crippen molar-refractivity contribution >= 4 is 23.2 Å². The zero-order chi connectivity index (χ0) is 19.3. The van der Waals surface area contributed by atoms with E-state index >= 15 is 0 Å². The number of hydrogen-bond donors (Lipinski definition) is 1. The Labute approximate surface area is 177 Å². The van der Waals surface area contributed by atoms with Crippen molar-refractivity contribution in [1.82, 2.24) is 10.2 Å². The highest BCUT2D eigenvalue weighted by Crippen LogP contribution is 2.37.